The summed E-state index contributed by atoms with van der Waals surface area (Å²) < 4.78 is 0. The average Bonchev–Trinajstić information content (AvgIpc) is 2.30. The Morgan fingerprint density at radius 1 is 1.47 bits per heavy atom. The number of hydrogen-bond donors (Lipinski definition) is 1. The Labute approximate surface area is 91.3 Å². The monoisotopic (exact) mass is 205 g/mol. The lowest BCUT2D eigenvalue weighted by Crippen LogP contribution is -2.32. The van der Waals surface area contributed by atoms with Gasteiger partial charge in [-0.3, -0.25) is 4.98 Å². The number of nitrogens with zero attached hydrogens (tertiary/aromatic N) is 2. The zero-order valence-electron chi connectivity index (χ0n) is 9.32. The Morgan fingerprint density at radius 3 is 2.87 bits per heavy atom. The largest absolute Gasteiger partial charge is 0.371 e. The van der Waals surface area contributed by atoms with Crippen LogP contribution in [0.25, 0.3) is 0 Å². The van der Waals surface area contributed by atoms with Gasteiger partial charge in [-0.25, -0.2) is 0 Å². The Bertz CT molecular complexity index is 316. The lowest BCUT2D eigenvalue weighted by molar-refractivity contribution is 0.438. The van der Waals surface area contributed by atoms with E-state index in [1.165, 1.54) is 18.5 Å². The minimum absolute atomic E-state index is 0.526. The molecule has 3 nitrogen and oxygen atoms in total. The van der Waals surface area contributed by atoms with Crippen LogP contribution in [0.1, 0.15) is 25.5 Å². The first-order valence-corrected chi connectivity index (χ1v) is 5.69. The quantitative estimate of drug-likeness (QED) is 0.800. The molecule has 1 aromatic rings. The summed E-state index contributed by atoms with van der Waals surface area (Å²) >= 11 is 0. The lowest BCUT2D eigenvalue weighted by Gasteiger charge is -2.32. The first-order chi connectivity index (χ1) is 7.29. The maximum atomic E-state index is 5.59. The van der Waals surface area contributed by atoms with Crippen molar-refractivity contribution in [1.82, 2.24) is 4.98 Å². The minimum Gasteiger partial charge on any atom is -0.371 e. The van der Waals surface area contributed by atoms with E-state index < -0.39 is 0 Å². The van der Waals surface area contributed by atoms with Gasteiger partial charge in [0.2, 0.25) is 0 Å². The molecule has 0 spiro atoms. The number of pyridine rings is 1. The third-order valence-corrected chi connectivity index (χ3v) is 3.16. The van der Waals surface area contributed by atoms with Crippen LogP contribution in [0.2, 0.25) is 0 Å². The predicted octanol–water partition coefficient (Wildman–Crippen LogP) is 1.78. The van der Waals surface area contributed by atoms with Crippen molar-refractivity contribution in [2.75, 3.05) is 18.0 Å². The summed E-state index contributed by atoms with van der Waals surface area (Å²) in [6.07, 6.45) is 4.44. The van der Waals surface area contributed by atoms with Crippen molar-refractivity contribution < 1.29 is 0 Å². The fraction of sp³-hybridized carbons (Fsp3) is 0.583. The molecule has 2 heterocycles. The van der Waals surface area contributed by atoms with Crippen LogP contribution in [0.4, 0.5) is 5.69 Å². The molecule has 0 aromatic carbocycles. The van der Waals surface area contributed by atoms with Gasteiger partial charge < -0.3 is 10.6 Å². The highest BCUT2D eigenvalue weighted by molar-refractivity contribution is 5.46. The topological polar surface area (TPSA) is 42.2 Å². The van der Waals surface area contributed by atoms with Crippen LogP contribution in [0.5, 0.6) is 0 Å². The second-order valence-corrected chi connectivity index (χ2v) is 4.38. The van der Waals surface area contributed by atoms with Gasteiger partial charge in [0.1, 0.15) is 0 Å². The Kier molecular flexibility index (Phi) is 3.21. The molecule has 15 heavy (non-hydrogen) atoms. The Morgan fingerprint density at radius 2 is 2.20 bits per heavy atom. The van der Waals surface area contributed by atoms with Crippen LogP contribution in [0.15, 0.2) is 18.3 Å². The summed E-state index contributed by atoms with van der Waals surface area (Å²) in [7, 11) is 0. The number of piperidine rings is 1. The average molecular weight is 205 g/mol. The molecule has 1 aliphatic heterocycles. The van der Waals surface area contributed by atoms with E-state index in [0.29, 0.717) is 6.54 Å². The van der Waals surface area contributed by atoms with Gasteiger partial charge in [-0.15, -0.1) is 0 Å². The molecule has 2 rings (SSSR count). The van der Waals surface area contributed by atoms with Crippen molar-refractivity contribution in [1.29, 1.82) is 0 Å². The number of rotatable bonds is 2. The van der Waals surface area contributed by atoms with Crippen LogP contribution >= 0.6 is 0 Å². The fourth-order valence-corrected chi connectivity index (χ4v) is 2.04. The van der Waals surface area contributed by atoms with E-state index >= 15 is 0 Å². The van der Waals surface area contributed by atoms with Crippen molar-refractivity contribution in [3.05, 3.63) is 24.0 Å². The molecule has 0 aliphatic carbocycles. The van der Waals surface area contributed by atoms with Gasteiger partial charge in [-0.1, -0.05) is 6.92 Å². The highest BCUT2D eigenvalue weighted by atomic mass is 15.1. The summed E-state index contributed by atoms with van der Waals surface area (Å²) in [5.74, 6) is 0.872. The summed E-state index contributed by atoms with van der Waals surface area (Å²) in [5, 5.41) is 0. The van der Waals surface area contributed by atoms with Crippen LogP contribution < -0.4 is 10.6 Å². The molecule has 2 N–H and O–H groups in total. The van der Waals surface area contributed by atoms with Crippen LogP contribution in [0.3, 0.4) is 0 Å². The van der Waals surface area contributed by atoms with Crippen molar-refractivity contribution >= 4 is 5.69 Å². The molecular formula is C12H19N3. The summed E-state index contributed by atoms with van der Waals surface area (Å²) in [6, 6.07) is 4.19. The Hall–Kier alpha value is -1.09. The van der Waals surface area contributed by atoms with E-state index in [1.807, 2.05) is 6.20 Å². The molecule has 3 heteroatoms. The lowest BCUT2D eigenvalue weighted by atomic mass is 9.99. The molecule has 0 amide bonds. The highest BCUT2D eigenvalue weighted by Crippen LogP contribution is 2.22. The maximum absolute atomic E-state index is 5.59. The SMILES string of the molecule is CC1CCN(c2ccnc(CN)c2)CC1. The molecule has 0 unspecified atom stereocenters. The van der Waals surface area contributed by atoms with Crippen LogP contribution in [-0.2, 0) is 6.54 Å². The molecule has 0 radical (unpaired) electrons. The maximum Gasteiger partial charge on any atom is 0.0560 e. The van der Waals surface area contributed by atoms with Gasteiger partial charge in [0.25, 0.3) is 0 Å². The number of anilines is 1. The van der Waals surface area contributed by atoms with Gasteiger partial charge >= 0.3 is 0 Å². The third kappa shape index (κ3) is 2.48. The van der Waals surface area contributed by atoms with Crippen LogP contribution in [-0.4, -0.2) is 18.1 Å². The van der Waals surface area contributed by atoms with Gasteiger partial charge in [0, 0.05) is 31.5 Å². The van der Waals surface area contributed by atoms with E-state index in [1.54, 1.807) is 0 Å². The summed E-state index contributed by atoms with van der Waals surface area (Å²) in [4.78, 5) is 6.65. The van der Waals surface area contributed by atoms with Crippen molar-refractivity contribution in [3.8, 4) is 0 Å². The molecule has 0 bridgehead atoms. The fourth-order valence-electron chi connectivity index (χ4n) is 2.04. The van der Waals surface area contributed by atoms with Crippen molar-refractivity contribution in [2.45, 2.75) is 26.3 Å². The standard InChI is InChI=1S/C12H19N3/c1-10-3-6-15(7-4-10)12-2-5-14-11(8-12)9-13/h2,5,8,10H,3-4,6-7,9,13H2,1H3. The van der Waals surface area contributed by atoms with Crippen molar-refractivity contribution in [3.63, 3.8) is 0 Å². The normalized spacial score (nSPS) is 18.1. The summed E-state index contributed by atoms with van der Waals surface area (Å²) in [5.41, 5.74) is 7.84. The first-order valence-electron chi connectivity index (χ1n) is 5.69. The van der Waals surface area contributed by atoms with E-state index in [4.69, 9.17) is 5.73 Å². The first kappa shape index (κ1) is 10.4. The van der Waals surface area contributed by atoms with Gasteiger partial charge in [-0.05, 0) is 30.9 Å². The van der Waals surface area contributed by atoms with Crippen LogP contribution in [0, 0.1) is 5.92 Å². The molecule has 0 saturated carbocycles. The Balaban J connectivity index is 2.08. The molecule has 0 atom stereocenters. The van der Waals surface area contributed by atoms with Gasteiger partial charge in [-0.2, -0.15) is 0 Å². The van der Waals surface area contributed by atoms with E-state index in [0.717, 1.165) is 24.7 Å². The van der Waals surface area contributed by atoms with Crippen molar-refractivity contribution in [2.24, 2.45) is 11.7 Å². The molecule has 1 aromatic heterocycles. The van der Waals surface area contributed by atoms with E-state index in [9.17, 15) is 0 Å². The molecule has 82 valence electrons. The second kappa shape index (κ2) is 4.62. The predicted molar refractivity (Wildman–Crippen MR) is 62.7 cm³/mol. The molecule has 1 aliphatic rings. The molecule has 1 saturated heterocycles. The number of aromatic nitrogens is 1. The molecule has 1 fully saturated rings. The zero-order chi connectivity index (χ0) is 10.7. The van der Waals surface area contributed by atoms with E-state index in [-0.39, 0.29) is 0 Å². The number of nitrogens with two attached hydrogens (primary N) is 1. The second-order valence-electron chi connectivity index (χ2n) is 4.38. The van der Waals surface area contributed by atoms with Gasteiger partial charge in [0.05, 0.1) is 5.69 Å². The van der Waals surface area contributed by atoms with E-state index in [2.05, 4.69) is 28.9 Å². The molecular weight excluding hydrogens is 186 g/mol. The smallest absolute Gasteiger partial charge is 0.0560 e. The third-order valence-electron chi connectivity index (χ3n) is 3.16. The highest BCUT2D eigenvalue weighted by Gasteiger charge is 2.15. The number of hydrogen-bond acceptors (Lipinski definition) is 3. The minimum atomic E-state index is 0.526. The van der Waals surface area contributed by atoms with Gasteiger partial charge in [0.15, 0.2) is 0 Å². The summed E-state index contributed by atoms with van der Waals surface area (Å²) in [6.45, 7) is 5.18. The zero-order valence-corrected chi connectivity index (χ0v) is 9.32.